The standard InChI is InChI=1S/C15H21NO2S/c1-2-3-4-5-6-7-8-13(15(17)18)12-9-10-19-14(12)11-16/h9-10,13H,2-8H2,1H3,(H,17,18). The van der Waals surface area contributed by atoms with Gasteiger partial charge in [0.05, 0.1) is 5.92 Å². The van der Waals surface area contributed by atoms with Gasteiger partial charge >= 0.3 is 5.97 Å². The Morgan fingerprint density at radius 3 is 2.68 bits per heavy atom. The number of hydrogen-bond acceptors (Lipinski definition) is 3. The van der Waals surface area contributed by atoms with Crippen LogP contribution >= 0.6 is 11.3 Å². The van der Waals surface area contributed by atoms with E-state index < -0.39 is 11.9 Å². The van der Waals surface area contributed by atoms with E-state index in [1.807, 2.05) is 0 Å². The summed E-state index contributed by atoms with van der Waals surface area (Å²) in [5.41, 5.74) is 0.688. The minimum Gasteiger partial charge on any atom is -0.481 e. The summed E-state index contributed by atoms with van der Waals surface area (Å²) in [4.78, 5) is 11.9. The highest BCUT2D eigenvalue weighted by Gasteiger charge is 2.23. The first-order chi connectivity index (χ1) is 9.20. The molecule has 0 aromatic carbocycles. The lowest BCUT2D eigenvalue weighted by Crippen LogP contribution is -2.12. The highest BCUT2D eigenvalue weighted by atomic mass is 32.1. The minimum absolute atomic E-state index is 0.521. The van der Waals surface area contributed by atoms with Gasteiger partial charge in [-0.25, -0.2) is 0 Å². The van der Waals surface area contributed by atoms with Gasteiger partial charge in [0.2, 0.25) is 0 Å². The van der Waals surface area contributed by atoms with Crippen molar-refractivity contribution in [2.24, 2.45) is 0 Å². The fraction of sp³-hybridized carbons (Fsp3) is 0.600. The van der Waals surface area contributed by atoms with Crippen LogP contribution in [0.1, 0.15) is 68.2 Å². The number of carboxylic acid groups (broad SMARTS) is 1. The molecule has 1 N–H and O–H groups in total. The highest BCUT2D eigenvalue weighted by molar-refractivity contribution is 7.10. The van der Waals surface area contributed by atoms with Gasteiger partial charge < -0.3 is 5.11 Å². The van der Waals surface area contributed by atoms with E-state index >= 15 is 0 Å². The van der Waals surface area contributed by atoms with E-state index in [4.69, 9.17) is 5.26 Å². The monoisotopic (exact) mass is 279 g/mol. The maximum Gasteiger partial charge on any atom is 0.311 e. The van der Waals surface area contributed by atoms with Crippen LogP contribution in [0.25, 0.3) is 0 Å². The zero-order valence-electron chi connectivity index (χ0n) is 11.4. The summed E-state index contributed by atoms with van der Waals surface area (Å²) in [5, 5.41) is 20.1. The number of nitrogens with zero attached hydrogens (tertiary/aromatic N) is 1. The molecule has 1 atom stereocenters. The Hall–Kier alpha value is -1.34. The number of carbonyl (C=O) groups is 1. The van der Waals surface area contributed by atoms with Gasteiger partial charge in [-0.2, -0.15) is 5.26 Å². The van der Waals surface area contributed by atoms with E-state index in [2.05, 4.69) is 13.0 Å². The molecule has 0 bridgehead atoms. The molecule has 19 heavy (non-hydrogen) atoms. The Morgan fingerprint density at radius 1 is 1.37 bits per heavy atom. The van der Waals surface area contributed by atoms with E-state index in [-0.39, 0.29) is 0 Å². The average molecular weight is 279 g/mol. The van der Waals surface area contributed by atoms with Crippen molar-refractivity contribution in [1.29, 1.82) is 5.26 Å². The smallest absolute Gasteiger partial charge is 0.311 e. The average Bonchev–Trinajstić information content (AvgIpc) is 2.85. The summed E-state index contributed by atoms with van der Waals surface area (Å²) in [7, 11) is 0. The van der Waals surface area contributed by atoms with Crippen LogP contribution < -0.4 is 0 Å². The van der Waals surface area contributed by atoms with Gasteiger partial charge in [0.1, 0.15) is 10.9 Å². The number of aliphatic carboxylic acids is 1. The van der Waals surface area contributed by atoms with Gasteiger partial charge in [0.25, 0.3) is 0 Å². The molecular formula is C15H21NO2S. The molecule has 0 saturated carbocycles. The van der Waals surface area contributed by atoms with Crippen molar-refractivity contribution in [1.82, 2.24) is 0 Å². The van der Waals surface area contributed by atoms with Crippen LogP contribution in [0.5, 0.6) is 0 Å². The summed E-state index contributed by atoms with van der Waals surface area (Å²) in [6.07, 6.45) is 7.51. The van der Waals surface area contributed by atoms with E-state index in [0.717, 1.165) is 12.8 Å². The molecule has 0 saturated heterocycles. The molecule has 3 nitrogen and oxygen atoms in total. The van der Waals surface area contributed by atoms with Crippen LogP contribution in [0.3, 0.4) is 0 Å². The largest absolute Gasteiger partial charge is 0.481 e. The Bertz CT molecular complexity index is 434. The van der Waals surface area contributed by atoms with E-state index in [9.17, 15) is 9.90 Å². The number of nitriles is 1. The van der Waals surface area contributed by atoms with Crippen LogP contribution in [-0.4, -0.2) is 11.1 Å². The molecule has 0 fully saturated rings. The molecule has 0 aliphatic rings. The van der Waals surface area contributed by atoms with Crippen LogP contribution in [0.15, 0.2) is 11.4 Å². The number of rotatable bonds is 9. The topological polar surface area (TPSA) is 61.1 Å². The third-order valence-corrected chi connectivity index (χ3v) is 4.15. The van der Waals surface area contributed by atoms with E-state index in [1.165, 1.54) is 37.0 Å². The first kappa shape index (κ1) is 15.7. The molecule has 0 spiro atoms. The predicted molar refractivity (Wildman–Crippen MR) is 77.4 cm³/mol. The van der Waals surface area contributed by atoms with Crippen molar-refractivity contribution >= 4 is 17.3 Å². The lowest BCUT2D eigenvalue weighted by Gasteiger charge is -2.11. The number of unbranched alkanes of at least 4 members (excludes halogenated alkanes) is 5. The highest BCUT2D eigenvalue weighted by Crippen LogP contribution is 2.29. The molecule has 1 aromatic rings. The Morgan fingerprint density at radius 2 is 2.05 bits per heavy atom. The Labute approximate surface area is 118 Å². The number of carboxylic acids is 1. The summed E-state index contributed by atoms with van der Waals surface area (Å²) < 4.78 is 0. The zero-order valence-corrected chi connectivity index (χ0v) is 12.2. The second-order valence-electron chi connectivity index (χ2n) is 4.76. The summed E-state index contributed by atoms with van der Waals surface area (Å²) in [5.74, 6) is -1.34. The van der Waals surface area contributed by atoms with Gasteiger partial charge in [-0.1, -0.05) is 45.4 Å². The van der Waals surface area contributed by atoms with Crippen molar-refractivity contribution in [2.75, 3.05) is 0 Å². The first-order valence-corrected chi connectivity index (χ1v) is 7.79. The molecule has 0 aliphatic carbocycles. The van der Waals surface area contributed by atoms with Crippen molar-refractivity contribution in [2.45, 2.75) is 57.8 Å². The van der Waals surface area contributed by atoms with Crippen LogP contribution in [0.2, 0.25) is 0 Å². The molecular weight excluding hydrogens is 258 g/mol. The molecule has 1 rings (SSSR count). The predicted octanol–water partition coefficient (Wildman–Crippen LogP) is 4.54. The van der Waals surface area contributed by atoms with E-state index in [1.54, 1.807) is 11.4 Å². The molecule has 4 heteroatoms. The quantitative estimate of drug-likeness (QED) is 0.675. The molecule has 0 radical (unpaired) electrons. The second kappa shape index (κ2) is 8.71. The van der Waals surface area contributed by atoms with Crippen molar-refractivity contribution in [3.8, 4) is 6.07 Å². The van der Waals surface area contributed by atoms with Gasteiger partial charge in [-0.3, -0.25) is 4.79 Å². The van der Waals surface area contributed by atoms with Gasteiger partial charge in [-0.05, 0) is 23.4 Å². The van der Waals surface area contributed by atoms with Gasteiger partial charge in [-0.15, -0.1) is 11.3 Å². The first-order valence-electron chi connectivity index (χ1n) is 6.91. The van der Waals surface area contributed by atoms with Crippen LogP contribution in [0.4, 0.5) is 0 Å². The fourth-order valence-electron chi connectivity index (χ4n) is 2.23. The number of hydrogen-bond donors (Lipinski definition) is 1. The molecule has 1 heterocycles. The van der Waals surface area contributed by atoms with Crippen LogP contribution in [0, 0.1) is 11.3 Å². The lowest BCUT2D eigenvalue weighted by atomic mass is 9.93. The Kier molecular flexibility index (Phi) is 7.20. The van der Waals surface area contributed by atoms with Crippen LogP contribution in [-0.2, 0) is 4.79 Å². The molecule has 104 valence electrons. The maximum absolute atomic E-state index is 11.3. The zero-order chi connectivity index (χ0) is 14.1. The minimum atomic E-state index is -0.816. The third-order valence-electron chi connectivity index (χ3n) is 3.32. The van der Waals surface area contributed by atoms with Crippen molar-refractivity contribution in [3.05, 3.63) is 21.9 Å². The van der Waals surface area contributed by atoms with E-state index in [0.29, 0.717) is 16.9 Å². The third kappa shape index (κ3) is 5.04. The second-order valence-corrected chi connectivity index (χ2v) is 5.68. The van der Waals surface area contributed by atoms with Crippen molar-refractivity contribution in [3.63, 3.8) is 0 Å². The summed E-state index contributed by atoms with van der Waals surface area (Å²) in [6.45, 7) is 2.18. The summed E-state index contributed by atoms with van der Waals surface area (Å²) in [6, 6.07) is 3.86. The molecule has 1 aromatic heterocycles. The lowest BCUT2D eigenvalue weighted by molar-refractivity contribution is -0.139. The maximum atomic E-state index is 11.3. The number of thiophene rings is 1. The summed E-state index contributed by atoms with van der Waals surface area (Å²) >= 11 is 1.32. The fourth-order valence-corrected chi connectivity index (χ4v) is 2.98. The normalized spacial score (nSPS) is 12.0. The SMILES string of the molecule is CCCCCCCCC(C(=O)O)c1ccsc1C#N. The molecule has 0 aliphatic heterocycles. The molecule has 1 unspecified atom stereocenters. The van der Waals surface area contributed by atoms with Crippen molar-refractivity contribution < 1.29 is 9.90 Å². The molecule has 0 amide bonds. The Balaban J connectivity index is 2.47. The van der Waals surface area contributed by atoms with Gasteiger partial charge in [0.15, 0.2) is 0 Å². The van der Waals surface area contributed by atoms with Gasteiger partial charge in [0, 0.05) is 0 Å².